The number of fused-ring (bicyclic) bond motifs is 1. The number of amides is 1. The third-order valence-corrected chi connectivity index (χ3v) is 4.95. The first-order valence-electron chi connectivity index (χ1n) is 10.4. The summed E-state index contributed by atoms with van der Waals surface area (Å²) in [5, 5.41) is 27.8. The van der Waals surface area contributed by atoms with Crippen molar-refractivity contribution in [1.29, 1.82) is 0 Å². The standard InChI is InChI=1S/C26H23N5O2/c1-18-9-11-21(12-10-18)27-17-26(33)31-28-16-20-15-22(13-14-25(20)32)29-30-24-8-4-6-19-5-2-3-7-23(19)24/h2-16,27,32H,17H2,1H3,(H,31,33)/b28-16+,30-29?. The van der Waals surface area contributed by atoms with Gasteiger partial charge in [-0.05, 0) is 48.7 Å². The molecular weight excluding hydrogens is 414 g/mol. The number of azo groups is 1. The minimum absolute atomic E-state index is 0.0230. The fourth-order valence-corrected chi connectivity index (χ4v) is 3.18. The van der Waals surface area contributed by atoms with E-state index in [0.29, 0.717) is 11.3 Å². The third-order valence-electron chi connectivity index (χ3n) is 4.95. The highest BCUT2D eigenvalue weighted by Crippen LogP contribution is 2.28. The van der Waals surface area contributed by atoms with Crippen LogP contribution in [0.25, 0.3) is 10.8 Å². The molecule has 0 aliphatic heterocycles. The largest absolute Gasteiger partial charge is 0.507 e. The average molecular weight is 438 g/mol. The van der Waals surface area contributed by atoms with E-state index in [-0.39, 0.29) is 18.2 Å². The molecule has 1 amide bonds. The van der Waals surface area contributed by atoms with Crippen molar-refractivity contribution >= 4 is 40.0 Å². The number of hydrogen-bond donors (Lipinski definition) is 3. The maximum Gasteiger partial charge on any atom is 0.259 e. The lowest BCUT2D eigenvalue weighted by Crippen LogP contribution is -2.25. The van der Waals surface area contributed by atoms with Crippen LogP contribution in [0.3, 0.4) is 0 Å². The molecule has 4 aromatic carbocycles. The van der Waals surface area contributed by atoms with E-state index in [2.05, 4.69) is 26.1 Å². The van der Waals surface area contributed by atoms with E-state index < -0.39 is 0 Å². The van der Waals surface area contributed by atoms with Crippen LogP contribution < -0.4 is 10.7 Å². The second-order valence-corrected chi connectivity index (χ2v) is 7.45. The van der Waals surface area contributed by atoms with E-state index in [1.54, 1.807) is 12.1 Å². The van der Waals surface area contributed by atoms with Gasteiger partial charge in [0, 0.05) is 16.6 Å². The van der Waals surface area contributed by atoms with Crippen LogP contribution in [-0.2, 0) is 4.79 Å². The molecule has 0 spiro atoms. The van der Waals surface area contributed by atoms with Crippen LogP contribution in [0.5, 0.6) is 5.75 Å². The molecular formula is C26H23N5O2. The molecule has 7 nitrogen and oxygen atoms in total. The molecule has 0 radical (unpaired) electrons. The maximum absolute atomic E-state index is 12.0. The van der Waals surface area contributed by atoms with E-state index in [4.69, 9.17) is 0 Å². The molecule has 4 aromatic rings. The molecule has 0 saturated carbocycles. The zero-order valence-corrected chi connectivity index (χ0v) is 18.1. The lowest BCUT2D eigenvalue weighted by Gasteiger charge is -2.05. The van der Waals surface area contributed by atoms with Crippen molar-refractivity contribution in [2.75, 3.05) is 11.9 Å². The number of aromatic hydroxyl groups is 1. The first kappa shape index (κ1) is 21.7. The maximum atomic E-state index is 12.0. The molecule has 33 heavy (non-hydrogen) atoms. The number of phenolic OH excluding ortho intramolecular Hbond substituents is 1. The first-order chi connectivity index (χ1) is 16.1. The Morgan fingerprint density at radius 3 is 2.58 bits per heavy atom. The average Bonchev–Trinajstić information content (AvgIpc) is 2.84. The SMILES string of the molecule is Cc1ccc(NCC(=O)N/N=C/c2cc(N=Nc3cccc4ccccc34)ccc2O)cc1. The Kier molecular flexibility index (Phi) is 6.70. The van der Waals surface area contributed by atoms with Gasteiger partial charge in [0.15, 0.2) is 0 Å². The second-order valence-electron chi connectivity index (χ2n) is 7.45. The van der Waals surface area contributed by atoms with E-state index in [1.165, 1.54) is 12.3 Å². The normalized spacial score (nSPS) is 11.3. The van der Waals surface area contributed by atoms with Crippen LogP contribution >= 0.6 is 0 Å². The van der Waals surface area contributed by atoms with Gasteiger partial charge >= 0.3 is 0 Å². The Balaban J connectivity index is 1.39. The number of carbonyl (C=O) groups excluding carboxylic acids is 1. The predicted molar refractivity (Wildman–Crippen MR) is 132 cm³/mol. The number of carbonyl (C=O) groups is 1. The Bertz CT molecular complexity index is 1330. The minimum Gasteiger partial charge on any atom is -0.507 e. The summed E-state index contributed by atoms with van der Waals surface area (Å²) in [6.45, 7) is 2.08. The first-order valence-corrected chi connectivity index (χ1v) is 10.4. The summed E-state index contributed by atoms with van der Waals surface area (Å²) in [6, 6.07) is 26.4. The number of nitrogens with one attached hydrogen (secondary N) is 2. The number of hydrogen-bond acceptors (Lipinski definition) is 6. The fraction of sp³-hybridized carbons (Fsp3) is 0.0769. The lowest BCUT2D eigenvalue weighted by molar-refractivity contribution is -0.119. The summed E-state index contributed by atoms with van der Waals surface area (Å²) in [5.74, 6) is -0.284. The van der Waals surface area contributed by atoms with Gasteiger partial charge < -0.3 is 10.4 Å². The molecule has 7 heteroatoms. The van der Waals surface area contributed by atoms with Crippen LogP contribution in [-0.4, -0.2) is 23.8 Å². The monoisotopic (exact) mass is 437 g/mol. The van der Waals surface area contributed by atoms with Crippen molar-refractivity contribution < 1.29 is 9.90 Å². The van der Waals surface area contributed by atoms with Crippen molar-refractivity contribution in [3.05, 3.63) is 96.1 Å². The number of aryl methyl sites for hydroxylation is 1. The minimum atomic E-state index is -0.307. The molecule has 0 saturated heterocycles. The van der Waals surface area contributed by atoms with Gasteiger partial charge in [0.25, 0.3) is 5.91 Å². The van der Waals surface area contributed by atoms with Crippen LogP contribution in [0, 0.1) is 6.92 Å². The van der Waals surface area contributed by atoms with Crippen molar-refractivity contribution in [3.63, 3.8) is 0 Å². The number of anilines is 1. The zero-order valence-electron chi connectivity index (χ0n) is 18.1. The summed E-state index contributed by atoms with van der Waals surface area (Å²) < 4.78 is 0. The number of phenols is 1. The molecule has 0 aliphatic carbocycles. The van der Waals surface area contributed by atoms with Gasteiger partial charge in [-0.25, -0.2) is 5.43 Å². The quantitative estimate of drug-likeness (QED) is 0.193. The molecule has 0 atom stereocenters. The highest BCUT2D eigenvalue weighted by Gasteiger charge is 2.03. The smallest absolute Gasteiger partial charge is 0.259 e. The highest BCUT2D eigenvalue weighted by molar-refractivity contribution is 5.92. The molecule has 0 unspecified atom stereocenters. The van der Waals surface area contributed by atoms with Crippen LogP contribution in [0.1, 0.15) is 11.1 Å². The number of hydrazone groups is 1. The Morgan fingerprint density at radius 2 is 1.73 bits per heavy atom. The van der Waals surface area contributed by atoms with E-state index in [9.17, 15) is 9.90 Å². The van der Waals surface area contributed by atoms with E-state index >= 15 is 0 Å². The molecule has 0 bridgehead atoms. The van der Waals surface area contributed by atoms with Crippen LogP contribution in [0.2, 0.25) is 0 Å². The number of nitrogens with zero attached hydrogens (tertiary/aromatic N) is 3. The second kappa shape index (κ2) is 10.2. The lowest BCUT2D eigenvalue weighted by atomic mass is 10.1. The molecule has 0 fully saturated rings. The van der Waals surface area contributed by atoms with Gasteiger partial charge in [0.1, 0.15) is 5.75 Å². The predicted octanol–water partition coefficient (Wildman–Crippen LogP) is 5.83. The third kappa shape index (κ3) is 5.80. The fourth-order valence-electron chi connectivity index (χ4n) is 3.18. The molecule has 164 valence electrons. The molecule has 0 aliphatic rings. The highest BCUT2D eigenvalue weighted by atomic mass is 16.3. The molecule has 0 aromatic heterocycles. The zero-order chi connectivity index (χ0) is 23.0. The van der Waals surface area contributed by atoms with Gasteiger partial charge in [0.2, 0.25) is 0 Å². The number of rotatable bonds is 7. The summed E-state index contributed by atoms with van der Waals surface area (Å²) in [5.41, 5.74) is 6.15. The van der Waals surface area contributed by atoms with E-state index in [1.807, 2.05) is 73.7 Å². The van der Waals surface area contributed by atoms with Gasteiger partial charge in [-0.15, -0.1) is 5.11 Å². The summed E-state index contributed by atoms with van der Waals surface area (Å²) in [4.78, 5) is 12.0. The Morgan fingerprint density at radius 1 is 0.939 bits per heavy atom. The van der Waals surface area contributed by atoms with E-state index in [0.717, 1.165) is 27.7 Å². The van der Waals surface area contributed by atoms with Crippen molar-refractivity contribution in [2.45, 2.75) is 6.92 Å². The molecule has 3 N–H and O–H groups in total. The molecule has 0 heterocycles. The summed E-state index contributed by atoms with van der Waals surface area (Å²) >= 11 is 0. The van der Waals surface area contributed by atoms with Crippen molar-refractivity contribution in [1.82, 2.24) is 5.43 Å². The van der Waals surface area contributed by atoms with Gasteiger partial charge in [-0.1, -0.05) is 54.1 Å². The van der Waals surface area contributed by atoms with Gasteiger partial charge in [-0.3, -0.25) is 4.79 Å². The van der Waals surface area contributed by atoms with Gasteiger partial charge in [0.05, 0.1) is 24.1 Å². The van der Waals surface area contributed by atoms with Crippen LogP contribution in [0.15, 0.2) is 100 Å². The Hall–Kier alpha value is -4.52. The van der Waals surface area contributed by atoms with Crippen molar-refractivity contribution in [3.8, 4) is 5.75 Å². The summed E-state index contributed by atoms with van der Waals surface area (Å²) in [7, 11) is 0. The van der Waals surface area contributed by atoms with Crippen molar-refractivity contribution in [2.24, 2.45) is 15.3 Å². The van der Waals surface area contributed by atoms with Crippen LogP contribution in [0.4, 0.5) is 17.1 Å². The topological polar surface area (TPSA) is 98.4 Å². The Labute approximate surface area is 191 Å². The van der Waals surface area contributed by atoms with Gasteiger partial charge in [-0.2, -0.15) is 10.2 Å². The number of benzene rings is 4. The summed E-state index contributed by atoms with van der Waals surface area (Å²) in [6.07, 6.45) is 1.37. The molecule has 4 rings (SSSR count).